The number of rotatable bonds is 18. The maximum Gasteiger partial charge on any atom is 0.0993 e. The Hall–Kier alpha value is -4.88. The molecule has 0 saturated heterocycles. The van der Waals surface area contributed by atoms with Crippen LogP contribution in [0.4, 0.5) is 22.7 Å². The fourth-order valence-electron chi connectivity index (χ4n) is 25.2. The van der Waals surface area contributed by atoms with Crippen molar-refractivity contribution in [2.24, 2.45) is 99.7 Å². The molecule has 10 aliphatic rings. The van der Waals surface area contributed by atoms with Gasteiger partial charge in [-0.25, -0.2) is 9.97 Å². The SMILES string of the molecule is C=C.C=C.CC1CCC(CC2CCC(Br)CC2)CC1.CC1CCC(CC2CCC(C)CC2)CC1.Cc1cc(Br)cc(C)c1N(C)C.Cc1cc(C2CCC(CC3CCC(C)CC3)CC2)cc(C)c1N.Cc1cc(C2CCC(CC3CCC(C)CC3)CC2)cc(C)c1N(C)C.Cc1cc(C2CCC(CC3CCC(C)CC3)CC2)cc(C)c1N=C=S.S=Cn1ccnc1.S=Cn1ccnc1. The lowest BCUT2D eigenvalue weighted by Crippen LogP contribution is -2.20. The van der Waals surface area contributed by atoms with Gasteiger partial charge in [-0.3, -0.25) is 0 Å². The van der Waals surface area contributed by atoms with Gasteiger partial charge in [0.25, 0.3) is 0 Å². The predicted molar refractivity (Wildman–Crippen MR) is 603 cm³/mol. The van der Waals surface area contributed by atoms with Crippen molar-refractivity contribution < 1.29 is 0 Å². The number of aromatic nitrogens is 4. The van der Waals surface area contributed by atoms with E-state index in [2.05, 4.69) is 286 Å². The number of aliphatic imine (C=N–C) groups is 1. The van der Waals surface area contributed by atoms with E-state index in [0.717, 1.165) is 133 Å². The van der Waals surface area contributed by atoms with E-state index in [4.69, 9.17) is 18.0 Å². The highest BCUT2D eigenvalue weighted by molar-refractivity contribution is 9.10. The summed E-state index contributed by atoms with van der Waals surface area (Å²) in [5.41, 5.74) is 29.1. The van der Waals surface area contributed by atoms with Gasteiger partial charge in [-0.05, 0) is 388 Å². The van der Waals surface area contributed by atoms with Crippen molar-refractivity contribution in [3.63, 3.8) is 0 Å². The van der Waals surface area contributed by atoms with E-state index in [9.17, 15) is 0 Å². The maximum atomic E-state index is 6.12. The Balaban J connectivity index is 0.000000213. The smallest absolute Gasteiger partial charge is 0.0993 e. The number of nitrogens with two attached hydrogens (primary N) is 1. The zero-order valence-electron chi connectivity index (χ0n) is 87.6. The second-order valence-corrected chi connectivity index (χ2v) is 47.7. The van der Waals surface area contributed by atoms with Crippen molar-refractivity contribution in [2.45, 2.75) is 408 Å². The number of anilines is 3. The van der Waals surface area contributed by atoms with Gasteiger partial charge >= 0.3 is 0 Å². The third-order valence-corrected chi connectivity index (χ3v) is 35.3. The molecule has 0 atom stereocenters. The number of halogens is 2. The first kappa shape index (κ1) is 115. The Morgan fingerprint density at radius 3 is 0.767 bits per heavy atom. The second kappa shape index (κ2) is 62.3. The molecule has 0 unspecified atom stereocenters. The van der Waals surface area contributed by atoms with E-state index in [1.807, 2.05) is 0 Å². The number of hydrogen-bond donors (Lipinski definition) is 1. The van der Waals surface area contributed by atoms with E-state index in [1.54, 1.807) is 70.5 Å². The highest BCUT2D eigenvalue weighted by Crippen LogP contribution is 2.48. The van der Waals surface area contributed by atoms with E-state index in [1.165, 1.54) is 349 Å². The Labute approximate surface area is 849 Å². The molecule has 10 saturated carbocycles. The predicted octanol–water partition coefficient (Wildman–Crippen LogP) is 37.1. The van der Waals surface area contributed by atoms with Crippen molar-refractivity contribution in [3.05, 3.63) is 178 Å². The van der Waals surface area contributed by atoms with Crippen LogP contribution in [0.1, 0.15) is 409 Å². The minimum Gasteiger partial charge on any atom is -0.398 e. The van der Waals surface area contributed by atoms with E-state index < -0.39 is 0 Å². The molecule has 0 radical (unpaired) electrons. The van der Waals surface area contributed by atoms with E-state index >= 15 is 0 Å². The number of imidazole rings is 2. The Bertz CT molecular complexity index is 4000. The lowest BCUT2D eigenvalue weighted by atomic mass is 9.72. The second-order valence-electron chi connectivity index (χ2n) is 44.9. The van der Waals surface area contributed by atoms with Gasteiger partial charge in [0.15, 0.2) is 0 Å². The van der Waals surface area contributed by atoms with Gasteiger partial charge in [0.2, 0.25) is 0 Å². The Kier molecular flexibility index (Phi) is 53.9. The van der Waals surface area contributed by atoms with E-state index in [0.29, 0.717) is 0 Å². The first-order chi connectivity index (χ1) is 63.9. The summed E-state index contributed by atoms with van der Waals surface area (Å²) in [6.45, 7) is 44.0. The molecule has 6 aromatic rings. The molecular formula is C120H190Br2N8S3. The number of hydrogen-bond acceptors (Lipinski definition) is 9. The summed E-state index contributed by atoms with van der Waals surface area (Å²) in [6, 6.07) is 18.6. The van der Waals surface area contributed by atoms with Crippen molar-refractivity contribution in [2.75, 3.05) is 43.7 Å². The summed E-state index contributed by atoms with van der Waals surface area (Å²) in [6.07, 6.45) is 76.7. The molecule has 2 heterocycles. The molecule has 10 aliphatic carbocycles. The average molecular weight is 2000 g/mol. The third kappa shape index (κ3) is 41.1. The van der Waals surface area contributed by atoms with Crippen molar-refractivity contribution in [1.29, 1.82) is 0 Å². The van der Waals surface area contributed by atoms with Crippen LogP contribution in [-0.4, -0.2) is 68.3 Å². The molecule has 0 bridgehead atoms. The molecule has 16 rings (SSSR count). The van der Waals surface area contributed by atoms with Crippen LogP contribution in [0.2, 0.25) is 0 Å². The monoisotopic (exact) mass is 2000 g/mol. The topological polar surface area (TPSA) is 80.5 Å². The largest absolute Gasteiger partial charge is 0.398 e. The summed E-state index contributed by atoms with van der Waals surface area (Å²) >= 11 is 21.1. The molecule has 742 valence electrons. The number of nitrogens with zero attached hydrogens (tertiary/aromatic N) is 7. The van der Waals surface area contributed by atoms with Gasteiger partial charge in [0.05, 0.1) is 34.5 Å². The molecule has 0 amide bonds. The third-order valence-electron chi connectivity index (χ3n) is 33.3. The van der Waals surface area contributed by atoms with Crippen LogP contribution in [-0.2, 0) is 0 Å². The highest BCUT2D eigenvalue weighted by atomic mass is 79.9. The highest BCUT2D eigenvalue weighted by Gasteiger charge is 2.33. The molecule has 2 aromatic heterocycles. The summed E-state index contributed by atoms with van der Waals surface area (Å²) in [7, 11) is 8.46. The van der Waals surface area contributed by atoms with Crippen LogP contribution in [0.3, 0.4) is 0 Å². The quantitative estimate of drug-likeness (QED) is 0.0300. The molecule has 8 nitrogen and oxygen atoms in total. The number of nitrogen functional groups attached to an aromatic ring is 1. The lowest BCUT2D eigenvalue weighted by molar-refractivity contribution is 0.201. The number of aryl methyl sites for hydroxylation is 8. The molecule has 2 N–H and O–H groups in total. The molecule has 10 fully saturated rings. The zero-order chi connectivity index (χ0) is 97.1. The molecule has 0 aliphatic heterocycles. The van der Waals surface area contributed by atoms with Crippen LogP contribution in [0.15, 0.2) is 122 Å². The van der Waals surface area contributed by atoms with Crippen LogP contribution < -0.4 is 15.5 Å². The fourth-order valence-corrected chi connectivity index (χ4v) is 26.7. The normalized spacial score (nSPS) is 28.4. The van der Waals surface area contributed by atoms with Crippen LogP contribution in [0, 0.1) is 150 Å². The van der Waals surface area contributed by atoms with E-state index in [-0.39, 0.29) is 0 Å². The minimum atomic E-state index is 0.741. The summed E-state index contributed by atoms with van der Waals surface area (Å²) < 4.78 is 4.56. The first-order valence-electron chi connectivity index (χ1n) is 53.7. The molecule has 0 spiro atoms. The molecular weight excluding hydrogens is 1810 g/mol. The van der Waals surface area contributed by atoms with Gasteiger partial charge in [0, 0.05) is 79.3 Å². The first-order valence-corrected chi connectivity index (χ1v) is 56.7. The minimum absolute atomic E-state index is 0.741. The maximum absolute atomic E-state index is 6.12. The zero-order valence-corrected chi connectivity index (χ0v) is 93.2. The van der Waals surface area contributed by atoms with Gasteiger partial charge < -0.3 is 24.7 Å². The number of benzene rings is 4. The van der Waals surface area contributed by atoms with Gasteiger partial charge in [-0.1, -0.05) is 288 Å². The molecule has 13 heteroatoms. The van der Waals surface area contributed by atoms with Crippen molar-refractivity contribution in [1.82, 2.24) is 19.1 Å². The average Bonchev–Trinajstić information content (AvgIpc) is 1.70. The number of alkyl halides is 1. The van der Waals surface area contributed by atoms with Gasteiger partial charge in [-0.2, -0.15) is 4.99 Å². The van der Waals surface area contributed by atoms with Crippen molar-refractivity contribution in [3.8, 4) is 0 Å². The summed E-state index contributed by atoms with van der Waals surface area (Å²) in [5, 5.41) is 2.52. The molecule has 4 aromatic carbocycles. The lowest BCUT2D eigenvalue weighted by Gasteiger charge is -2.34. The Morgan fingerprint density at radius 1 is 0.353 bits per heavy atom. The summed E-state index contributed by atoms with van der Waals surface area (Å²) in [4.78, 5) is 17.0. The standard InChI is InChI=1S/C24H39N.C23H33NS.C22H35N.C15H28.C14H25Br.C10H14BrN.2C4H4N2S.2C2H4/c1-17-6-8-20(9-7-17)16-21-10-12-22(13-11-21)23-14-18(2)24(25(4)5)19(3)15-23;1-16-4-6-19(7-5-16)14-20-8-10-21(11-9-20)22-12-17(2)23(24-15-25)18(3)13-22;1-15-4-6-18(7-5-15)14-19-8-10-20(11-9-19)21-12-16(2)22(23)17(3)13-21;1-12-3-7-14(8-4-12)11-15-9-5-13(2)6-10-15;1-11-2-4-12(5-3-11)10-13-6-8-14(15)9-7-13;1-7-5-9(11)6-8(2)10(7)12(3)4;2*7-4-6-2-1-5-3-6;2*1-2/h14-15,17,20-22H,6-13,16H2,1-5H3;12-13,16,19-21H,4-11,14H2,1-3H3;12-13,15,18-20H,4-11,14,23H2,1-3H3;12-15H,3-11H2,1-2H3;11-14H,2-10H2,1H3;5-6H,1-4H3;2*1-4H;2*1-2H2. The summed E-state index contributed by atoms with van der Waals surface area (Å²) in [5.74, 6) is 18.8. The number of thiocarbonyl (C=S) groups is 3. The Morgan fingerprint density at radius 2 is 0.564 bits per heavy atom. The van der Waals surface area contributed by atoms with Gasteiger partial charge in [-0.15, -0.1) is 26.3 Å². The van der Waals surface area contributed by atoms with Crippen LogP contribution >= 0.6 is 68.5 Å². The van der Waals surface area contributed by atoms with Crippen LogP contribution in [0.25, 0.3) is 0 Å². The van der Waals surface area contributed by atoms with Crippen LogP contribution in [0.5, 0.6) is 0 Å². The fraction of sp³-hybridized carbons (Fsp3) is 0.692. The number of isothiocyanates is 1. The molecule has 133 heavy (non-hydrogen) atoms. The van der Waals surface area contributed by atoms with Gasteiger partial charge in [0.1, 0.15) is 0 Å². The van der Waals surface area contributed by atoms with Crippen molar-refractivity contribution >= 4 is 107 Å².